The van der Waals surface area contributed by atoms with E-state index in [2.05, 4.69) is 4.98 Å². The van der Waals surface area contributed by atoms with Gasteiger partial charge in [-0.2, -0.15) is 4.31 Å². The number of rotatable bonds is 3. The summed E-state index contributed by atoms with van der Waals surface area (Å²) in [6, 6.07) is 1.42. The number of hydrogen-bond acceptors (Lipinski definition) is 4. The van der Waals surface area contributed by atoms with Gasteiger partial charge in [0.1, 0.15) is 5.54 Å². The van der Waals surface area contributed by atoms with Gasteiger partial charge >= 0.3 is 5.97 Å². The van der Waals surface area contributed by atoms with Gasteiger partial charge in [-0.3, -0.25) is 4.79 Å². The molecule has 0 aromatic carbocycles. The number of nitrogens with one attached hydrogen (secondary N) is 1. The van der Waals surface area contributed by atoms with Crippen molar-refractivity contribution in [2.24, 2.45) is 5.73 Å². The minimum absolute atomic E-state index is 0.117. The van der Waals surface area contributed by atoms with Crippen molar-refractivity contribution >= 4 is 16.0 Å². The number of H-pyrrole nitrogens is 1. The SMILES string of the molecule is NC1(C(=O)O)CCN(S(=O)(=O)c2cc[nH]c2)C1. The van der Waals surface area contributed by atoms with E-state index in [4.69, 9.17) is 10.8 Å². The van der Waals surface area contributed by atoms with Gasteiger partial charge < -0.3 is 15.8 Å². The van der Waals surface area contributed by atoms with Gasteiger partial charge in [0.15, 0.2) is 0 Å². The van der Waals surface area contributed by atoms with Crippen LogP contribution in [0.5, 0.6) is 0 Å². The lowest BCUT2D eigenvalue weighted by molar-refractivity contribution is -0.142. The maximum absolute atomic E-state index is 12.1. The highest BCUT2D eigenvalue weighted by Gasteiger charge is 2.45. The van der Waals surface area contributed by atoms with E-state index in [9.17, 15) is 13.2 Å². The molecule has 0 amide bonds. The molecule has 2 rings (SSSR count). The first-order valence-electron chi connectivity index (χ1n) is 5.01. The van der Waals surface area contributed by atoms with Crippen LogP contribution in [0.1, 0.15) is 6.42 Å². The van der Waals surface area contributed by atoms with E-state index in [0.29, 0.717) is 0 Å². The molecule has 1 aromatic rings. The van der Waals surface area contributed by atoms with Crippen LogP contribution in [0.25, 0.3) is 0 Å². The summed E-state index contributed by atoms with van der Waals surface area (Å²) >= 11 is 0. The molecule has 1 fully saturated rings. The molecule has 1 saturated heterocycles. The van der Waals surface area contributed by atoms with Crippen LogP contribution in [0.2, 0.25) is 0 Å². The van der Waals surface area contributed by atoms with E-state index in [0.717, 1.165) is 4.31 Å². The molecule has 1 aliphatic heterocycles. The molecule has 94 valence electrons. The summed E-state index contributed by atoms with van der Waals surface area (Å²) < 4.78 is 25.2. The van der Waals surface area contributed by atoms with E-state index < -0.39 is 21.5 Å². The Balaban J connectivity index is 2.25. The summed E-state index contributed by atoms with van der Waals surface area (Å²) in [5.41, 5.74) is 4.15. The fourth-order valence-corrected chi connectivity index (χ4v) is 3.28. The second-order valence-corrected chi connectivity index (χ2v) is 6.03. The molecular formula is C9H13N3O4S. The summed E-state index contributed by atoms with van der Waals surface area (Å²) in [7, 11) is -3.64. The van der Waals surface area contributed by atoms with E-state index in [1.807, 2.05) is 0 Å². The van der Waals surface area contributed by atoms with Crippen LogP contribution in [-0.2, 0) is 14.8 Å². The van der Waals surface area contributed by atoms with Crippen molar-refractivity contribution in [2.75, 3.05) is 13.1 Å². The largest absolute Gasteiger partial charge is 0.480 e. The average Bonchev–Trinajstić information content (AvgIpc) is 2.86. The Hall–Kier alpha value is -1.38. The number of carboxylic acid groups (broad SMARTS) is 1. The fourth-order valence-electron chi connectivity index (χ4n) is 1.79. The second-order valence-electron chi connectivity index (χ2n) is 4.10. The summed E-state index contributed by atoms with van der Waals surface area (Å²) in [6.45, 7) is -0.0772. The van der Waals surface area contributed by atoms with Gasteiger partial charge in [-0.15, -0.1) is 0 Å². The maximum atomic E-state index is 12.1. The topological polar surface area (TPSA) is 116 Å². The van der Waals surface area contributed by atoms with E-state index >= 15 is 0 Å². The molecule has 1 aromatic heterocycles. The third-order valence-corrected chi connectivity index (χ3v) is 4.74. The molecule has 7 nitrogen and oxygen atoms in total. The minimum Gasteiger partial charge on any atom is -0.480 e. The van der Waals surface area contributed by atoms with Crippen molar-refractivity contribution in [1.82, 2.24) is 9.29 Å². The number of nitrogens with zero attached hydrogens (tertiary/aromatic N) is 1. The van der Waals surface area contributed by atoms with Crippen LogP contribution in [0.3, 0.4) is 0 Å². The molecule has 0 saturated carbocycles. The third kappa shape index (κ3) is 1.94. The first-order chi connectivity index (χ1) is 7.86. The number of nitrogens with two attached hydrogens (primary N) is 1. The van der Waals surface area contributed by atoms with Crippen molar-refractivity contribution in [1.29, 1.82) is 0 Å². The summed E-state index contributed by atoms with van der Waals surface area (Å²) in [5.74, 6) is -1.18. The van der Waals surface area contributed by atoms with Crippen LogP contribution in [0, 0.1) is 0 Å². The molecule has 4 N–H and O–H groups in total. The molecule has 2 heterocycles. The van der Waals surface area contributed by atoms with Gasteiger partial charge in [-0.25, -0.2) is 8.42 Å². The highest BCUT2D eigenvalue weighted by atomic mass is 32.2. The molecule has 0 radical (unpaired) electrons. The number of sulfonamides is 1. The van der Waals surface area contributed by atoms with E-state index in [-0.39, 0.29) is 24.4 Å². The number of aromatic nitrogens is 1. The normalized spacial score (nSPS) is 26.2. The summed E-state index contributed by atoms with van der Waals surface area (Å²) in [5, 5.41) is 8.93. The number of carboxylic acids is 1. The van der Waals surface area contributed by atoms with Crippen molar-refractivity contribution in [3.05, 3.63) is 18.5 Å². The van der Waals surface area contributed by atoms with Crippen LogP contribution < -0.4 is 5.73 Å². The summed E-state index contributed by atoms with van der Waals surface area (Å²) in [4.78, 5) is 13.7. The lowest BCUT2D eigenvalue weighted by atomic mass is 10.0. The lowest BCUT2D eigenvalue weighted by Crippen LogP contribution is -2.50. The van der Waals surface area contributed by atoms with Gasteiger partial charge in [-0.1, -0.05) is 0 Å². The van der Waals surface area contributed by atoms with Crippen LogP contribution >= 0.6 is 0 Å². The maximum Gasteiger partial charge on any atom is 0.325 e. The van der Waals surface area contributed by atoms with Crippen LogP contribution in [-0.4, -0.2) is 47.4 Å². The van der Waals surface area contributed by atoms with Gasteiger partial charge in [0.2, 0.25) is 10.0 Å². The Morgan fingerprint density at radius 3 is 2.76 bits per heavy atom. The first-order valence-corrected chi connectivity index (χ1v) is 6.45. The number of hydrogen-bond donors (Lipinski definition) is 3. The minimum atomic E-state index is -3.64. The monoisotopic (exact) mass is 259 g/mol. The molecule has 0 bridgehead atoms. The molecule has 0 aliphatic carbocycles. The zero-order valence-corrected chi connectivity index (χ0v) is 9.77. The second kappa shape index (κ2) is 3.83. The fraction of sp³-hybridized carbons (Fsp3) is 0.444. The van der Waals surface area contributed by atoms with Crippen molar-refractivity contribution in [3.63, 3.8) is 0 Å². The standard InChI is InChI=1S/C9H13N3O4S/c10-9(8(13)14)2-4-12(6-9)17(15,16)7-1-3-11-5-7/h1,3,5,11H,2,4,6,10H2,(H,13,14). The molecule has 8 heteroatoms. The van der Waals surface area contributed by atoms with Crippen molar-refractivity contribution < 1.29 is 18.3 Å². The first kappa shape index (κ1) is 12.1. The van der Waals surface area contributed by atoms with Gasteiger partial charge in [0.05, 0.1) is 4.90 Å². The van der Waals surface area contributed by atoms with E-state index in [1.165, 1.54) is 18.5 Å². The van der Waals surface area contributed by atoms with Crippen LogP contribution in [0.4, 0.5) is 0 Å². The Kier molecular flexibility index (Phi) is 2.72. The zero-order chi connectivity index (χ0) is 12.7. The predicted octanol–water partition coefficient (Wildman–Crippen LogP) is -0.809. The number of aliphatic carboxylic acids is 1. The Morgan fingerprint density at radius 2 is 2.29 bits per heavy atom. The Bertz CT molecular complexity index is 524. The zero-order valence-electron chi connectivity index (χ0n) is 8.96. The predicted molar refractivity (Wildman–Crippen MR) is 58.7 cm³/mol. The van der Waals surface area contributed by atoms with Crippen molar-refractivity contribution in [2.45, 2.75) is 16.9 Å². The molecule has 0 spiro atoms. The molecular weight excluding hydrogens is 246 g/mol. The van der Waals surface area contributed by atoms with Gasteiger partial charge in [0.25, 0.3) is 0 Å². The molecule has 1 aliphatic rings. The Labute approximate surface area is 98.3 Å². The smallest absolute Gasteiger partial charge is 0.325 e. The quantitative estimate of drug-likeness (QED) is 0.656. The summed E-state index contributed by atoms with van der Waals surface area (Å²) in [6.07, 6.45) is 2.97. The molecule has 1 atom stereocenters. The number of aromatic amines is 1. The van der Waals surface area contributed by atoms with Gasteiger partial charge in [-0.05, 0) is 12.5 Å². The lowest BCUT2D eigenvalue weighted by Gasteiger charge is -2.19. The van der Waals surface area contributed by atoms with Crippen LogP contribution in [0.15, 0.2) is 23.4 Å². The Morgan fingerprint density at radius 1 is 1.59 bits per heavy atom. The highest BCUT2D eigenvalue weighted by molar-refractivity contribution is 7.89. The molecule has 17 heavy (non-hydrogen) atoms. The number of carbonyl (C=O) groups is 1. The molecule has 1 unspecified atom stereocenters. The average molecular weight is 259 g/mol. The highest BCUT2D eigenvalue weighted by Crippen LogP contribution is 2.25. The van der Waals surface area contributed by atoms with Crippen molar-refractivity contribution in [3.8, 4) is 0 Å². The van der Waals surface area contributed by atoms with E-state index in [1.54, 1.807) is 0 Å². The third-order valence-electron chi connectivity index (χ3n) is 2.90. The van der Waals surface area contributed by atoms with Gasteiger partial charge in [0, 0.05) is 25.5 Å².